The quantitative estimate of drug-likeness (QED) is 0.683. The topological polar surface area (TPSA) is 82.3 Å². The van der Waals surface area contributed by atoms with Crippen molar-refractivity contribution < 1.29 is 17.5 Å². The first kappa shape index (κ1) is 9.87. The summed E-state index contributed by atoms with van der Waals surface area (Å²) in [5.41, 5.74) is 0. The highest BCUT2D eigenvalue weighted by Crippen LogP contribution is 2.14. The molecule has 0 aliphatic rings. The molecule has 0 aromatic carbocycles. The molecule has 1 rings (SSSR count). The minimum Gasteiger partial charge on any atom is -0.481 e. The lowest BCUT2D eigenvalue weighted by atomic mass is 10.5. The van der Waals surface area contributed by atoms with E-state index in [4.69, 9.17) is 5.14 Å². The molecule has 1 heterocycles. The lowest BCUT2D eigenvalue weighted by Crippen LogP contribution is -2.14. The van der Waals surface area contributed by atoms with E-state index in [9.17, 15) is 12.8 Å². The molecule has 0 saturated heterocycles. The van der Waals surface area contributed by atoms with Gasteiger partial charge in [-0.15, -0.1) is 0 Å². The van der Waals surface area contributed by atoms with Crippen LogP contribution in [0.3, 0.4) is 0 Å². The van der Waals surface area contributed by atoms with Gasteiger partial charge in [0.05, 0.1) is 7.11 Å². The van der Waals surface area contributed by atoms with Crippen molar-refractivity contribution in [2.75, 3.05) is 7.11 Å². The van der Waals surface area contributed by atoms with Crippen LogP contribution in [0.25, 0.3) is 0 Å². The first-order chi connectivity index (χ1) is 5.95. The molecule has 1 aromatic heterocycles. The summed E-state index contributed by atoms with van der Waals surface area (Å²) in [6, 6.07) is 2.21. The number of halogens is 1. The van der Waals surface area contributed by atoms with Gasteiger partial charge in [0, 0.05) is 6.07 Å². The van der Waals surface area contributed by atoms with Crippen LogP contribution in [0.1, 0.15) is 0 Å². The largest absolute Gasteiger partial charge is 0.481 e. The Hall–Kier alpha value is -1.21. The predicted molar refractivity (Wildman–Crippen MR) is 42.1 cm³/mol. The van der Waals surface area contributed by atoms with Crippen molar-refractivity contribution in [1.82, 2.24) is 4.98 Å². The van der Waals surface area contributed by atoms with Gasteiger partial charge in [0.1, 0.15) is 4.90 Å². The third kappa shape index (κ3) is 2.13. The zero-order valence-electron chi connectivity index (χ0n) is 6.69. The summed E-state index contributed by atoms with van der Waals surface area (Å²) in [6.07, 6.45) is 0. The van der Waals surface area contributed by atoms with E-state index in [2.05, 4.69) is 9.72 Å². The summed E-state index contributed by atoms with van der Waals surface area (Å²) in [6.45, 7) is 0. The number of ether oxygens (including phenoxy) is 1. The molecule has 0 radical (unpaired) electrons. The summed E-state index contributed by atoms with van der Waals surface area (Å²) in [4.78, 5) is 2.56. The highest BCUT2D eigenvalue weighted by atomic mass is 32.2. The van der Waals surface area contributed by atoms with Gasteiger partial charge < -0.3 is 4.74 Å². The standard InChI is InChI=1S/C6H7FN2O3S/c1-12-5-3-2-4(6(7)9-5)13(8,10)11/h2-3H,1H3,(H2,8,10,11). The van der Waals surface area contributed by atoms with Gasteiger partial charge in [0.15, 0.2) is 0 Å². The summed E-state index contributed by atoms with van der Waals surface area (Å²) in [7, 11) is -2.76. The number of pyridine rings is 1. The van der Waals surface area contributed by atoms with Crippen LogP contribution in [0.2, 0.25) is 0 Å². The third-order valence-corrected chi connectivity index (χ3v) is 2.22. The van der Waals surface area contributed by atoms with E-state index < -0.39 is 20.9 Å². The van der Waals surface area contributed by atoms with Crippen LogP contribution in [-0.2, 0) is 10.0 Å². The van der Waals surface area contributed by atoms with Crippen LogP contribution in [0.5, 0.6) is 5.88 Å². The predicted octanol–water partition coefficient (Wildman–Crippen LogP) is -0.123. The molecule has 0 spiro atoms. The molecule has 13 heavy (non-hydrogen) atoms. The molecule has 1 aromatic rings. The Morgan fingerprint density at radius 2 is 2.15 bits per heavy atom. The Morgan fingerprint density at radius 1 is 1.54 bits per heavy atom. The zero-order chi connectivity index (χ0) is 10.1. The van der Waals surface area contributed by atoms with E-state index in [0.29, 0.717) is 0 Å². The lowest BCUT2D eigenvalue weighted by Gasteiger charge is -2.01. The Labute approximate surface area is 74.4 Å². The maximum atomic E-state index is 12.9. The maximum absolute atomic E-state index is 12.9. The molecule has 0 aliphatic heterocycles. The number of primary sulfonamides is 1. The maximum Gasteiger partial charge on any atom is 0.242 e. The average Bonchev–Trinajstić information content (AvgIpc) is 2.01. The van der Waals surface area contributed by atoms with Crippen molar-refractivity contribution in [2.45, 2.75) is 4.90 Å². The first-order valence-corrected chi connectivity index (χ1v) is 4.73. The highest BCUT2D eigenvalue weighted by molar-refractivity contribution is 7.89. The number of nitrogens with two attached hydrogens (primary N) is 1. The van der Waals surface area contributed by atoms with E-state index in [1.54, 1.807) is 0 Å². The second-order valence-electron chi connectivity index (χ2n) is 2.19. The highest BCUT2D eigenvalue weighted by Gasteiger charge is 2.15. The molecule has 0 aliphatic carbocycles. The molecule has 72 valence electrons. The molecule has 0 atom stereocenters. The average molecular weight is 206 g/mol. The van der Waals surface area contributed by atoms with Crippen LogP contribution in [0, 0.1) is 5.95 Å². The summed E-state index contributed by atoms with van der Waals surface area (Å²) >= 11 is 0. The Morgan fingerprint density at radius 3 is 2.54 bits per heavy atom. The van der Waals surface area contributed by atoms with Gasteiger partial charge in [-0.3, -0.25) is 0 Å². The van der Waals surface area contributed by atoms with Gasteiger partial charge in [-0.25, -0.2) is 13.6 Å². The molecule has 0 amide bonds. The molecule has 7 heteroatoms. The molecule has 0 saturated carbocycles. The third-order valence-electron chi connectivity index (χ3n) is 1.30. The van der Waals surface area contributed by atoms with Gasteiger partial charge >= 0.3 is 0 Å². The van der Waals surface area contributed by atoms with Gasteiger partial charge in [-0.05, 0) is 6.07 Å². The SMILES string of the molecule is COc1ccc(S(N)(=O)=O)c(F)n1. The number of rotatable bonds is 2. The number of aromatic nitrogens is 1. The molecule has 0 unspecified atom stereocenters. The fourth-order valence-electron chi connectivity index (χ4n) is 0.731. The number of methoxy groups -OCH3 is 1. The first-order valence-electron chi connectivity index (χ1n) is 3.18. The smallest absolute Gasteiger partial charge is 0.242 e. The second-order valence-corrected chi connectivity index (χ2v) is 3.72. The monoisotopic (exact) mass is 206 g/mol. The van der Waals surface area contributed by atoms with Gasteiger partial charge in [-0.2, -0.15) is 9.37 Å². The van der Waals surface area contributed by atoms with Crippen LogP contribution in [0.4, 0.5) is 4.39 Å². The number of nitrogens with zero attached hydrogens (tertiary/aromatic N) is 1. The van der Waals surface area contributed by atoms with Crippen LogP contribution < -0.4 is 9.88 Å². The Kier molecular flexibility index (Phi) is 2.48. The minimum atomic E-state index is -4.05. The molecule has 5 nitrogen and oxygen atoms in total. The van der Waals surface area contributed by atoms with Gasteiger partial charge in [0.2, 0.25) is 21.9 Å². The van der Waals surface area contributed by atoms with Crippen molar-refractivity contribution in [3.8, 4) is 5.88 Å². The zero-order valence-corrected chi connectivity index (χ0v) is 7.51. The van der Waals surface area contributed by atoms with Crippen LogP contribution in [-0.4, -0.2) is 20.5 Å². The van der Waals surface area contributed by atoms with E-state index in [1.807, 2.05) is 0 Å². The fourth-order valence-corrected chi connectivity index (χ4v) is 1.27. The van der Waals surface area contributed by atoms with Gasteiger partial charge in [-0.1, -0.05) is 0 Å². The van der Waals surface area contributed by atoms with E-state index >= 15 is 0 Å². The van der Waals surface area contributed by atoms with Crippen molar-refractivity contribution >= 4 is 10.0 Å². The minimum absolute atomic E-state index is 0.00935. The van der Waals surface area contributed by atoms with Crippen molar-refractivity contribution in [1.29, 1.82) is 0 Å². The second kappa shape index (κ2) is 3.27. The molecular formula is C6H7FN2O3S. The molecular weight excluding hydrogens is 199 g/mol. The van der Waals surface area contributed by atoms with Crippen molar-refractivity contribution in [3.63, 3.8) is 0 Å². The van der Waals surface area contributed by atoms with Crippen molar-refractivity contribution in [2.24, 2.45) is 5.14 Å². The summed E-state index contributed by atoms with van der Waals surface area (Å²) in [5.74, 6) is -1.17. The van der Waals surface area contributed by atoms with E-state index in [1.165, 1.54) is 13.2 Å². The number of hydrogen-bond donors (Lipinski definition) is 1. The van der Waals surface area contributed by atoms with Gasteiger partial charge in [0.25, 0.3) is 0 Å². The van der Waals surface area contributed by atoms with Crippen molar-refractivity contribution in [3.05, 3.63) is 18.1 Å². The molecule has 2 N–H and O–H groups in total. The molecule has 0 fully saturated rings. The van der Waals surface area contributed by atoms with Crippen LogP contribution >= 0.6 is 0 Å². The lowest BCUT2D eigenvalue weighted by molar-refractivity contribution is 0.384. The fraction of sp³-hybridized carbons (Fsp3) is 0.167. The molecule has 0 bridgehead atoms. The normalized spacial score (nSPS) is 11.3. The Bertz CT molecular complexity index is 418. The van der Waals surface area contributed by atoms with E-state index in [0.717, 1.165) is 6.07 Å². The summed E-state index contributed by atoms with van der Waals surface area (Å²) in [5, 5.41) is 4.70. The number of sulfonamides is 1. The number of hydrogen-bond acceptors (Lipinski definition) is 4. The van der Waals surface area contributed by atoms with Crippen LogP contribution in [0.15, 0.2) is 17.0 Å². The summed E-state index contributed by atoms with van der Waals surface area (Å²) < 4.78 is 38.9. The van der Waals surface area contributed by atoms with E-state index in [-0.39, 0.29) is 5.88 Å². The Balaban J connectivity index is 3.29.